The molecule has 90 valence electrons. The van der Waals surface area contributed by atoms with E-state index in [0.717, 1.165) is 10.9 Å². The maximum atomic E-state index is 13.4. The van der Waals surface area contributed by atoms with Crippen LogP contribution in [0.15, 0.2) is 48.7 Å². The van der Waals surface area contributed by atoms with Crippen LogP contribution in [0.1, 0.15) is 5.56 Å². The first-order valence-electron chi connectivity index (χ1n) is 5.62. The molecule has 0 atom stereocenters. The topological polar surface area (TPSA) is 37.9 Å². The third kappa shape index (κ3) is 2.05. The number of aromatic nitrogens is 2. The highest BCUT2D eigenvalue weighted by molar-refractivity contribution is 5.84. The molecule has 0 saturated heterocycles. The van der Waals surface area contributed by atoms with Crippen molar-refractivity contribution in [3.05, 3.63) is 60.0 Å². The van der Waals surface area contributed by atoms with Crippen molar-refractivity contribution in [1.82, 2.24) is 10.2 Å². The second-order valence-electron chi connectivity index (χ2n) is 4.01. The summed E-state index contributed by atoms with van der Waals surface area (Å²) in [5, 5.41) is 7.40. The van der Waals surface area contributed by atoms with Crippen LogP contribution in [0.2, 0.25) is 0 Å². The smallest absolute Gasteiger partial charge is 0.133 e. The number of nitrogens with zero attached hydrogens (tertiary/aromatic N) is 1. The van der Waals surface area contributed by atoms with E-state index in [1.165, 1.54) is 12.1 Å². The minimum Gasteiger partial charge on any atom is -0.488 e. The number of hydrogen-bond acceptors (Lipinski definition) is 2. The van der Waals surface area contributed by atoms with Crippen LogP contribution in [0, 0.1) is 5.82 Å². The zero-order chi connectivity index (χ0) is 12.4. The highest BCUT2D eigenvalue weighted by Gasteiger charge is 2.07. The van der Waals surface area contributed by atoms with Crippen LogP contribution in [0.4, 0.5) is 4.39 Å². The molecule has 0 unspecified atom stereocenters. The largest absolute Gasteiger partial charge is 0.488 e. The molecule has 0 saturated carbocycles. The second-order valence-corrected chi connectivity index (χ2v) is 4.01. The summed E-state index contributed by atoms with van der Waals surface area (Å²) in [6.45, 7) is 0.407. The van der Waals surface area contributed by atoms with E-state index < -0.39 is 0 Å². The molecular formula is C14H11FN2O. The van der Waals surface area contributed by atoms with Gasteiger partial charge >= 0.3 is 0 Å². The number of benzene rings is 2. The lowest BCUT2D eigenvalue weighted by Gasteiger charge is -2.07. The third-order valence-corrected chi connectivity index (χ3v) is 2.72. The van der Waals surface area contributed by atoms with Gasteiger partial charge in [0.1, 0.15) is 18.2 Å². The number of rotatable bonds is 3. The van der Waals surface area contributed by atoms with E-state index in [0.29, 0.717) is 17.9 Å². The Morgan fingerprint density at radius 3 is 2.83 bits per heavy atom. The Hall–Kier alpha value is -2.36. The molecule has 0 aliphatic carbocycles. The first-order valence-corrected chi connectivity index (χ1v) is 5.62. The summed E-state index contributed by atoms with van der Waals surface area (Å²) in [6, 6.07) is 12.5. The van der Waals surface area contributed by atoms with E-state index in [1.807, 2.05) is 30.3 Å². The fourth-order valence-corrected chi connectivity index (χ4v) is 1.84. The normalized spacial score (nSPS) is 10.7. The summed E-state index contributed by atoms with van der Waals surface area (Å²) in [6.07, 6.45) is 1.63. The molecule has 1 heterocycles. The number of aromatic amines is 1. The molecule has 1 N–H and O–H groups in total. The lowest BCUT2D eigenvalue weighted by molar-refractivity contribution is 0.308. The Morgan fingerprint density at radius 1 is 1.17 bits per heavy atom. The molecule has 0 aliphatic heterocycles. The van der Waals surface area contributed by atoms with Crippen LogP contribution < -0.4 is 4.74 Å². The molecule has 3 rings (SSSR count). The van der Waals surface area contributed by atoms with Gasteiger partial charge in [0.15, 0.2) is 0 Å². The standard InChI is InChI=1S/C14H11FN2O/c15-11-6-13-12(8-16-17-13)14(7-11)18-9-10-4-2-1-3-5-10/h1-8H,9H2,(H,16,17). The van der Waals surface area contributed by atoms with Crippen LogP contribution in [0.25, 0.3) is 10.9 Å². The molecule has 0 amide bonds. The molecule has 0 fully saturated rings. The quantitative estimate of drug-likeness (QED) is 0.765. The van der Waals surface area contributed by atoms with E-state index in [2.05, 4.69) is 10.2 Å². The summed E-state index contributed by atoms with van der Waals surface area (Å²) >= 11 is 0. The average Bonchev–Trinajstić information content (AvgIpc) is 2.85. The van der Waals surface area contributed by atoms with Gasteiger partial charge in [0.25, 0.3) is 0 Å². The zero-order valence-corrected chi connectivity index (χ0v) is 9.56. The highest BCUT2D eigenvalue weighted by Crippen LogP contribution is 2.26. The minimum absolute atomic E-state index is 0.338. The van der Waals surface area contributed by atoms with Crippen LogP contribution in [0.3, 0.4) is 0 Å². The van der Waals surface area contributed by atoms with Gasteiger partial charge in [0.05, 0.1) is 17.1 Å². The average molecular weight is 242 g/mol. The maximum absolute atomic E-state index is 13.4. The van der Waals surface area contributed by atoms with Crippen molar-refractivity contribution in [1.29, 1.82) is 0 Å². The van der Waals surface area contributed by atoms with Gasteiger partial charge < -0.3 is 4.74 Å². The Bertz CT molecular complexity index is 664. The number of H-pyrrole nitrogens is 1. The van der Waals surface area contributed by atoms with E-state index in [1.54, 1.807) is 6.20 Å². The number of halogens is 1. The van der Waals surface area contributed by atoms with Gasteiger partial charge in [-0.2, -0.15) is 5.10 Å². The molecule has 2 aromatic carbocycles. The summed E-state index contributed by atoms with van der Waals surface area (Å²) in [5.74, 6) is 0.164. The first kappa shape index (κ1) is 10.8. The Balaban J connectivity index is 1.88. The molecule has 1 aromatic heterocycles. The van der Waals surface area contributed by atoms with Crippen LogP contribution in [0.5, 0.6) is 5.75 Å². The van der Waals surface area contributed by atoms with Gasteiger partial charge in [-0.1, -0.05) is 30.3 Å². The number of fused-ring (bicyclic) bond motifs is 1. The first-order chi connectivity index (χ1) is 8.83. The number of ether oxygens (including phenoxy) is 1. The molecule has 0 radical (unpaired) electrons. The minimum atomic E-state index is -0.338. The summed E-state index contributed by atoms with van der Waals surface area (Å²) in [7, 11) is 0. The Labute approximate surface area is 103 Å². The second kappa shape index (κ2) is 4.49. The molecule has 0 aliphatic rings. The maximum Gasteiger partial charge on any atom is 0.133 e. The van der Waals surface area contributed by atoms with Crippen molar-refractivity contribution in [3.8, 4) is 5.75 Å². The fraction of sp³-hybridized carbons (Fsp3) is 0.0714. The van der Waals surface area contributed by atoms with Crippen LogP contribution in [-0.4, -0.2) is 10.2 Å². The van der Waals surface area contributed by atoms with Gasteiger partial charge in [0, 0.05) is 6.07 Å². The van der Waals surface area contributed by atoms with Crippen molar-refractivity contribution in [2.75, 3.05) is 0 Å². The van der Waals surface area contributed by atoms with E-state index in [9.17, 15) is 4.39 Å². The predicted octanol–water partition coefficient (Wildman–Crippen LogP) is 3.28. The van der Waals surface area contributed by atoms with Gasteiger partial charge in [-0.3, -0.25) is 5.10 Å². The van der Waals surface area contributed by atoms with Crippen molar-refractivity contribution >= 4 is 10.9 Å². The summed E-state index contributed by atoms with van der Waals surface area (Å²) < 4.78 is 19.0. The molecule has 3 nitrogen and oxygen atoms in total. The number of hydrogen-bond donors (Lipinski definition) is 1. The van der Waals surface area contributed by atoms with E-state index >= 15 is 0 Å². The summed E-state index contributed by atoms with van der Waals surface area (Å²) in [5.41, 5.74) is 1.68. The lowest BCUT2D eigenvalue weighted by atomic mass is 10.2. The molecule has 4 heteroatoms. The van der Waals surface area contributed by atoms with Crippen molar-refractivity contribution in [3.63, 3.8) is 0 Å². The van der Waals surface area contributed by atoms with Gasteiger partial charge in [0.2, 0.25) is 0 Å². The lowest BCUT2D eigenvalue weighted by Crippen LogP contribution is -1.95. The van der Waals surface area contributed by atoms with Gasteiger partial charge in [-0.25, -0.2) is 4.39 Å². The van der Waals surface area contributed by atoms with Gasteiger partial charge in [-0.15, -0.1) is 0 Å². The van der Waals surface area contributed by atoms with Crippen molar-refractivity contribution in [2.45, 2.75) is 6.61 Å². The molecule has 3 aromatic rings. The fourth-order valence-electron chi connectivity index (χ4n) is 1.84. The molecule has 0 spiro atoms. The predicted molar refractivity (Wildman–Crippen MR) is 66.8 cm³/mol. The molecule has 18 heavy (non-hydrogen) atoms. The number of nitrogens with one attached hydrogen (secondary N) is 1. The van der Waals surface area contributed by atoms with Crippen LogP contribution in [-0.2, 0) is 6.61 Å². The van der Waals surface area contributed by atoms with Gasteiger partial charge in [-0.05, 0) is 11.6 Å². The molecular weight excluding hydrogens is 231 g/mol. The SMILES string of the molecule is Fc1cc(OCc2ccccc2)c2cn[nH]c2c1. The van der Waals surface area contributed by atoms with Crippen LogP contribution >= 0.6 is 0 Å². The third-order valence-electron chi connectivity index (χ3n) is 2.72. The monoisotopic (exact) mass is 242 g/mol. The van der Waals surface area contributed by atoms with E-state index in [-0.39, 0.29) is 5.82 Å². The van der Waals surface area contributed by atoms with Crippen molar-refractivity contribution in [2.24, 2.45) is 0 Å². The van der Waals surface area contributed by atoms with E-state index in [4.69, 9.17) is 4.74 Å². The Morgan fingerprint density at radius 2 is 2.00 bits per heavy atom. The zero-order valence-electron chi connectivity index (χ0n) is 9.56. The Kier molecular flexibility index (Phi) is 2.68. The van der Waals surface area contributed by atoms with Crippen molar-refractivity contribution < 1.29 is 9.13 Å². The highest BCUT2D eigenvalue weighted by atomic mass is 19.1. The summed E-state index contributed by atoms with van der Waals surface area (Å²) in [4.78, 5) is 0. The molecule has 0 bridgehead atoms.